The molecule has 0 bridgehead atoms. The van der Waals surface area contributed by atoms with Crippen LogP contribution in [0.3, 0.4) is 0 Å². The monoisotopic (exact) mass is 284 g/mol. The summed E-state index contributed by atoms with van der Waals surface area (Å²) >= 11 is 5.38. The first-order chi connectivity index (χ1) is 5.91. The van der Waals surface area contributed by atoms with E-state index in [4.69, 9.17) is 11.6 Å². The van der Waals surface area contributed by atoms with Gasteiger partial charge in [-0.25, -0.2) is 0 Å². The first-order valence-electron chi connectivity index (χ1n) is 4.47. The van der Waals surface area contributed by atoms with Gasteiger partial charge in [0, 0.05) is 5.88 Å². The van der Waals surface area contributed by atoms with Gasteiger partial charge in [-0.1, -0.05) is 56.2 Å². The molecule has 6 heteroatoms. The number of halogens is 6. The first kappa shape index (κ1) is 36.0. The van der Waals surface area contributed by atoms with Gasteiger partial charge in [0.2, 0.25) is 0 Å². The fourth-order valence-corrected chi connectivity index (χ4v) is 0.918. The van der Waals surface area contributed by atoms with Crippen LogP contribution in [0.15, 0.2) is 36.4 Å². The van der Waals surface area contributed by atoms with Crippen LogP contribution in [0.1, 0.15) is 26.2 Å². The number of rotatable bonds is 3. The number of alkyl halides is 1. The van der Waals surface area contributed by atoms with Gasteiger partial charge in [-0.05, 0) is 6.42 Å². The summed E-state index contributed by atoms with van der Waals surface area (Å²) in [6.07, 6.45) is 3.73. The van der Waals surface area contributed by atoms with Crippen molar-refractivity contribution in [3.05, 3.63) is 36.4 Å². The van der Waals surface area contributed by atoms with E-state index in [2.05, 4.69) is 6.92 Å². The van der Waals surface area contributed by atoms with Crippen molar-refractivity contribution in [1.82, 2.24) is 0 Å². The normalized spacial score (nSPS) is 6.00. The number of hydrogen-bond acceptors (Lipinski definition) is 0. The minimum Gasteiger partial charge on any atom is -0.269 e. The molecule has 1 aromatic rings. The molecule has 0 saturated carbocycles. The molecule has 108 valence electrons. The molecule has 0 radical (unpaired) electrons. The SMILES string of the molecule is CCCCCCl.F.F.F.F.F.c1ccccc1. The maximum Gasteiger partial charge on any atom is 0.0223 e. The lowest BCUT2D eigenvalue weighted by molar-refractivity contribution is 0.776. The second kappa shape index (κ2) is 36.2. The molecule has 0 aromatic heterocycles. The summed E-state index contributed by atoms with van der Waals surface area (Å²) in [6.45, 7) is 2.17. The van der Waals surface area contributed by atoms with Crippen molar-refractivity contribution in [3.8, 4) is 0 Å². The van der Waals surface area contributed by atoms with E-state index in [0.29, 0.717) is 0 Å². The van der Waals surface area contributed by atoms with Gasteiger partial charge in [-0.15, -0.1) is 11.6 Å². The summed E-state index contributed by atoms with van der Waals surface area (Å²) in [6, 6.07) is 12.0. The van der Waals surface area contributed by atoms with Gasteiger partial charge in [0.15, 0.2) is 0 Å². The fourth-order valence-electron chi connectivity index (χ4n) is 0.729. The molecule has 0 amide bonds. The van der Waals surface area contributed by atoms with E-state index in [-0.39, 0.29) is 23.5 Å². The Kier molecular flexibility index (Phi) is 76.7. The summed E-state index contributed by atoms with van der Waals surface area (Å²) < 4.78 is 0. The van der Waals surface area contributed by atoms with E-state index in [0.717, 1.165) is 5.88 Å². The zero-order valence-corrected chi connectivity index (χ0v) is 10.5. The van der Waals surface area contributed by atoms with Crippen molar-refractivity contribution in [3.63, 3.8) is 0 Å². The smallest absolute Gasteiger partial charge is 0.0223 e. The van der Waals surface area contributed by atoms with Crippen LogP contribution in [0, 0.1) is 0 Å². The highest BCUT2D eigenvalue weighted by Crippen LogP contribution is 1.93. The minimum absolute atomic E-state index is 0. The van der Waals surface area contributed by atoms with Crippen molar-refractivity contribution in [1.29, 1.82) is 0 Å². The van der Waals surface area contributed by atoms with E-state index in [1.165, 1.54) is 19.3 Å². The Morgan fingerprint density at radius 1 is 0.647 bits per heavy atom. The van der Waals surface area contributed by atoms with Crippen LogP contribution in [0.2, 0.25) is 0 Å². The molecule has 0 aliphatic heterocycles. The molecule has 0 atom stereocenters. The molecular weight excluding hydrogens is 263 g/mol. The predicted molar refractivity (Wildman–Crippen MR) is 69.2 cm³/mol. The van der Waals surface area contributed by atoms with Gasteiger partial charge in [-0.2, -0.15) is 0 Å². The number of unbranched alkanes of at least 4 members (excludes halogenated alkanes) is 2. The van der Waals surface area contributed by atoms with Gasteiger partial charge >= 0.3 is 0 Å². The molecule has 0 unspecified atom stereocenters. The van der Waals surface area contributed by atoms with Crippen LogP contribution in [-0.4, -0.2) is 5.88 Å². The molecule has 0 fully saturated rings. The van der Waals surface area contributed by atoms with E-state index in [1.54, 1.807) is 0 Å². The molecule has 0 nitrogen and oxygen atoms in total. The Hall–Kier alpha value is -0.840. The quantitative estimate of drug-likeness (QED) is 0.422. The van der Waals surface area contributed by atoms with Gasteiger partial charge in [-0.3, -0.25) is 23.5 Å². The Morgan fingerprint density at radius 2 is 0.941 bits per heavy atom. The largest absolute Gasteiger partial charge is 0.269 e. The van der Waals surface area contributed by atoms with E-state index in [1.807, 2.05) is 36.4 Å². The van der Waals surface area contributed by atoms with Crippen LogP contribution in [-0.2, 0) is 0 Å². The van der Waals surface area contributed by atoms with Gasteiger partial charge in [0.1, 0.15) is 0 Å². The summed E-state index contributed by atoms with van der Waals surface area (Å²) in [4.78, 5) is 0. The molecule has 0 saturated heterocycles. The number of benzene rings is 1. The molecule has 0 spiro atoms. The highest BCUT2D eigenvalue weighted by Gasteiger charge is 1.76. The molecule has 0 aliphatic rings. The lowest BCUT2D eigenvalue weighted by Gasteiger charge is -1.84. The zero-order valence-electron chi connectivity index (χ0n) is 9.71. The predicted octanol–water partition coefficient (Wildman–Crippen LogP) is 4.86. The third kappa shape index (κ3) is 39.4. The van der Waals surface area contributed by atoms with Crippen molar-refractivity contribution in [2.24, 2.45) is 0 Å². The van der Waals surface area contributed by atoms with Gasteiger partial charge in [0.25, 0.3) is 0 Å². The maximum absolute atomic E-state index is 5.38. The van der Waals surface area contributed by atoms with Crippen molar-refractivity contribution in [2.45, 2.75) is 26.2 Å². The van der Waals surface area contributed by atoms with Gasteiger partial charge < -0.3 is 0 Å². The average Bonchev–Trinajstić information content (AvgIpc) is 2.18. The second-order valence-corrected chi connectivity index (χ2v) is 2.93. The van der Waals surface area contributed by atoms with Gasteiger partial charge in [0.05, 0.1) is 0 Å². The maximum atomic E-state index is 5.38. The third-order valence-corrected chi connectivity index (χ3v) is 1.67. The average molecular weight is 285 g/mol. The summed E-state index contributed by atoms with van der Waals surface area (Å²) in [7, 11) is 0. The van der Waals surface area contributed by atoms with E-state index >= 15 is 0 Å². The van der Waals surface area contributed by atoms with Crippen LogP contribution < -0.4 is 0 Å². The van der Waals surface area contributed by atoms with Crippen LogP contribution >= 0.6 is 11.6 Å². The molecule has 0 heterocycles. The molecule has 0 aliphatic carbocycles. The third-order valence-electron chi connectivity index (χ3n) is 1.40. The molecule has 1 aromatic carbocycles. The molecular formula is C11H22ClF5. The first-order valence-corrected chi connectivity index (χ1v) is 5.01. The van der Waals surface area contributed by atoms with Crippen molar-refractivity contribution in [2.75, 3.05) is 5.88 Å². The van der Waals surface area contributed by atoms with Crippen LogP contribution in [0.4, 0.5) is 23.5 Å². The Morgan fingerprint density at radius 3 is 1.06 bits per heavy atom. The minimum atomic E-state index is 0. The molecule has 0 N–H and O–H groups in total. The standard InChI is InChI=1S/C6H6.C5H11Cl.5FH/c1-2-4-6-5-3-1;1-2-3-4-5-6;;;;;/h1-6H;2-5H2,1H3;5*1H. The van der Waals surface area contributed by atoms with E-state index in [9.17, 15) is 0 Å². The highest BCUT2D eigenvalue weighted by molar-refractivity contribution is 6.17. The van der Waals surface area contributed by atoms with Crippen molar-refractivity contribution >= 4 is 11.6 Å². The Bertz CT molecular complexity index is 132. The molecule has 1 rings (SSSR count). The Balaban J connectivity index is -0.0000000275. The van der Waals surface area contributed by atoms with Crippen LogP contribution in [0.5, 0.6) is 0 Å². The zero-order chi connectivity index (χ0) is 9.07. The summed E-state index contributed by atoms with van der Waals surface area (Å²) in [5.41, 5.74) is 0. The topological polar surface area (TPSA) is 0 Å². The summed E-state index contributed by atoms with van der Waals surface area (Å²) in [5.74, 6) is 0.827. The lowest BCUT2D eigenvalue weighted by Crippen LogP contribution is -1.70. The molecule has 17 heavy (non-hydrogen) atoms. The van der Waals surface area contributed by atoms with Crippen LogP contribution in [0.25, 0.3) is 0 Å². The Labute approximate surface area is 104 Å². The van der Waals surface area contributed by atoms with E-state index < -0.39 is 0 Å². The summed E-state index contributed by atoms with van der Waals surface area (Å²) in [5, 5.41) is 0. The number of hydrogen-bond donors (Lipinski definition) is 0. The highest BCUT2D eigenvalue weighted by atomic mass is 35.5. The lowest BCUT2D eigenvalue weighted by atomic mass is 10.3. The van der Waals surface area contributed by atoms with Crippen molar-refractivity contribution < 1.29 is 23.5 Å². The second-order valence-electron chi connectivity index (χ2n) is 2.55. The fraction of sp³-hybridized carbons (Fsp3) is 0.455.